The quantitative estimate of drug-likeness (QED) is 0.167. The minimum atomic E-state index is -0.480. The molecule has 1 spiro atoms. The Hall–Kier alpha value is -8.99. The van der Waals surface area contributed by atoms with Crippen molar-refractivity contribution in [3.05, 3.63) is 265 Å². The molecule has 0 radical (unpaired) electrons. The monoisotopic (exact) mass is 864 g/mol. The van der Waals surface area contributed by atoms with E-state index in [2.05, 4.69) is 235 Å². The molecule has 0 unspecified atom stereocenters. The Morgan fingerprint density at radius 3 is 1.24 bits per heavy atom. The molecule has 4 heteroatoms. The number of hydrogen-bond acceptors (Lipinski definition) is 3. The lowest BCUT2D eigenvalue weighted by molar-refractivity contribution is 0.748. The van der Waals surface area contributed by atoms with Gasteiger partial charge in [0, 0.05) is 27.5 Å². The molecule has 4 nitrogen and oxygen atoms in total. The van der Waals surface area contributed by atoms with E-state index in [1.165, 1.54) is 77.6 Å². The molecule has 0 atom stereocenters. The molecule has 12 aromatic rings. The third-order valence-electron chi connectivity index (χ3n) is 14.3. The first kappa shape index (κ1) is 38.3. The second-order valence-corrected chi connectivity index (χ2v) is 17.9. The first-order chi connectivity index (χ1) is 33.7. The second kappa shape index (κ2) is 15.0. The average Bonchev–Trinajstić information content (AvgIpc) is 3.92. The fraction of sp³-hybridized carbons (Fsp3) is 0.0156. The van der Waals surface area contributed by atoms with Crippen LogP contribution in [0.15, 0.2) is 243 Å². The molecule has 0 bridgehead atoms. The topological polar surface area (TPSA) is 43.6 Å². The molecule has 2 aromatic heterocycles. The smallest absolute Gasteiger partial charge is 0.164 e. The number of para-hydroxylation sites is 2. The van der Waals surface area contributed by atoms with Crippen LogP contribution < -0.4 is 0 Å². The Balaban J connectivity index is 0.925. The summed E-state index contributed by atoms with van der Waals surface area (Å²) in [7, 11) is 0. The van der Waals surface area contributed by atoms with Crippen LogP contribution in [-0.4, -0.2) is 19.5 Å². The first-order valence-corrected chi connectivity index (χ1v) is 23.3. The predicted molar refractivity (Wildman–Crippen MR) is 278 cm³/mol. The summed E-state index contributed by atoms with van der Waals surface area (Å²) in [6, 6.07) is 87.5. The summed E-state index contributed by atoms with van der Waals surface area (Å²) < 4.78 is 2.52. The summed E-state index contributed by atoms with van der Waals surface area (Å²) >= 11 is 0. The molecular weight excluding hydrogens is 825 g/mol. The van der Waals surface area contributed by atoms with Crippen LogP contribution in [0.3, 0.4) is 0 Å². The molecule has 1 aliphatic heterocycles. The Labute approximate surface area is 394 Å². The van der Waals surface area contributed by atoms with Crippen molar-refractivity contribution in [2.24, 2.45) is 0 Å². The fourth-order valence-electron chi connectivity index (χ4n) is 11.3. The van der Waals surface area contributed by atoms with Gasteiger partial charge in [-0.15, -0.1) is 0 Å². The van der Waals surface area contributed by atoms with Crippen LogP contribution in [0.4, 0.5) is 0 Å². The van der Waals surface area contributed by atoms with Crippen molar-refractivity contribution in [1.82, 2.24) is 19.5 Å². The van der Waals surface area contributed by atoms with Gasteiger partial charge in [0.2, 0.25) is 0 Å². The molecule has 0 saturated carbocycles. The van der Waals surface area contributed by atoms with Gasteiger partial charge in [0.05, 0.1) is 22.1 Å². The van der Waals surface area contributed by atoms with Crippen molar-refractivity contribution in [2.75, 3.05) is 0 Å². The number of nitrogens with zero attached hydrogens (tertiary/aromatic N) is 4. The highest BCUT2D eigenvalue weighted by Crippen LogP contribution is 2.61. The number of benzene rings is 10. The van der Waals surface area contributed by atoms with E-state index in [1.54, 1.807) is 0 Å². The van der Waals surface area contributed by atoms with E-state index in [4.69, 9.17) is 15.0 Å². The van der Waals surface area contributed by atoms with Crippen molar-refractivity contribution < 1.29 is 0 Å². The van der Waals surface area contributed by atoms with Gasteiger partial charge < -0.3 is 4.57 Å². The highest BCUT2D eigenvalue weighted by molar-refractivity contribution is 6.18. The summed E-state index contributed by atoms with van der Waals surface area (Å²) in [5, 5.41) is 2.49. The van der Waals surface area contributed by atoms with Gasteiger partial charge in [-0.2, -0.15) is 0 Å². The Kier molecular flexibility index (Phi) is 8.46. The van der Waals surface area contributed by atoms with Crippen molar-refractivity contribution in [2.45, 2.75) is 5.41 Å². The van der Waals surface area contributed by atoms with Gasteiger partial charge in [-0.3, -0.25) is 0 Å². The van der Waals surface area contributed by atoms with E-state index >= 15 is 0 Å². The van der Waals surface area contributed by atoms with E-state index in [0.717, 1.165) is 33.4 Å². The molecule has 316 valence electrons. The summed E-state index contributed by atoms with van der Waals surface area (Å²) in [5.41, 5.74) is 20.8. The van der Waals surface area contributed by atoms with Crippen LogP contribution >= 0.6 is 0 Å². The Morgan fingerprint density at radius 2 is 0.691 bits per heavy atom. The Bertz CT molecular complexity index is 3780. The third-order valence-corrected chi connectivity index (χ3v) is 14.3. The lowest BCUT2D eigenvalue weighted by atomic mass is 9.65. The van der Waals surface area contributed by atoms with Crippen molar-refractivity contribution in [3.63, 3.8) is 0 Å². The number of aromatic nitrogens is 4. The fourth-order valence-corrected chi connectivity index (χ4v) is 11.3. The van der Waals surface area contributed by atoms with Crippen LogP contribution in [0.1, 0.15) is 22.3 Å². The maximum Gasteiger partial charge on any atom is 0.164 e. The number of hydrogen-bond donors (Lipinski definition) is 0. The van der Waals surface area contributed by atoms with Gasteiger partial charge in [0.15, 0.2) is 17.5 Å². The Morgan fingerprint density at radius 1 is 0.279 bits per heavy atom. The molecule has 0 fully saturated rings. The van der Waals surface area contributed by atoms with Crippen LogP contribution in [0, 0.1) is 0 Å². The molecule has 1 aliphatic carbocycles. The van der Waals surface area contributed by atoms with E-state index < -0.39 is 5.41 Å². The molecule has 3 heterocycles. The lowest BCUT2D eigenvalue weighted by Gasteiger charge is -2.39. The third kappa shape index (κ3) is 5.64. The van der Waals surface area contributed by atoms with E-state index in [9.17, 15) is 0 Å². The summed E-state index contributed by atoms with van der Waals surface area (Å²) in [6.07, 6.45) is 0. The molecule has 2 aliphatic rings. The first-order valence-electron chi connectivity index (χ1n) is 23.3. The highest BCUT2D eigenvalue weighted by atomic mass is 15.0. The SMILES string of the molecule is c1ccc(-c2ccc(-c3nc(-c4ccc(-c5ccccc5)cc4)nc(-c4ccc(-c5ccc6c7c5c5ccccc5n7-c5ccccc5C65c6ccccc6-c6ccccc65)cc4)n3)cc2)cc1. The maximum atomic E-state index is 5.17. The summed E-state index contributed by atoms with van der Waals surface area (Å²) in [4.78, 5) is 15.4. The van der Waals surface area contributed by atoms with Gasteiger partial charge in [-0.25, -0.2) is 15.0 Å². The average molecular weight is 865 g/mol. The van der Waals surface area contributed by atoms with Crippen LogP contribution in [0.2, 0.25) is 0 Å². The molecule has 68 heavy (non-hydrogen) atoms. The maximum absolute atomic E-state index is 5.17. The van der Waals surface area contributed by atoms with Crippen molar-refractivity contribution in [1.29, 1.82) is 0 Å². The van der Waals surface area contributed by atoms with E-state index in [1.807, 2.05) is 12.1 Å². The predicted octanol–water partition coefficient (Wildman–Crippen LogP) is 15.6. The van der Waals surface area contributed by atoms with E-state index in [-0.39, 0.29) is 0 Å². The minimum absolute atomic E-state index is 0.480. The second-order valence-electron chi connectivity index (χ2n) is 17.9. The molecule has 10 aromatic carbocycles. The molecule has 14 rings (SSSR count). The van der Waals surface area contributed by atoms with Gasteiger partial charge in [0.25, 0.3) is 0 Å². The summed E-state index contributed by atoms with van der Waals surface area (Å²) in [6.45, 7) is 0. The standard InChI is InChI=1S/C64H40N4/c1-3-15-41(16-4-1)43-27-33-46(34-28-43)61-65-62(47-35-29-44(30-36-47)42-17-5-2-6-18-42)67-63(66-61)48-37-31-45(32-38-48)49-39-40-56-60-59(49)52-21-9-13-25-57(52)68(60)58-26-14-12-24-55(58)64(56)53-22-10-7-19-50(53)51-20-8-11-23-54(51)64/h1-40H. The van der Waals surface area contributed by atoms with Crippen LogP contribution in [0.5, 0.6) is 0 Å². The zero-order valence-corrected chi connectivity index (χ0v) is 36.9. The van der Waals surface area contributed by atoms with Gasteiger partial charge in [-0.05, 0) is 78.9 Å². The zero-order chi connectivity index (χ0) is 44.8. The normalized spacial score (nSPS) is 12.8. The molecule has 0 N–H and O–H groups in total. The van der Waals surface area contributed by atoms with Crippen molar-refractivity contribution >= 4 is 21.8 Å². The van der Waals surface area contributed by atoms with Gasteiger partial charge >= 0.3 is 0 Å². The lowest BCUT2D eigenvalue weighted by Crippen LogP contribution is -2.33. The molecule has 0 saturated heterocycles. The van der Waals surface area contributed by atoms with E-state index in [0.29, 0.717) is 17.5 Å². The number of fused-ring (bicyclic) bond motifs is 12. The molecular formula is C64H40N4. The minimum Gasteiger partial charge on any atom is -0.309 e. The highest BCUT2D eigenvalue weighted by Gasteiger charge is 2.50. The van der Waals surface area contributed by atoms with Gasteiger partial charge in [-0.1, -0.05) is 231 Å². The molecule has 0 amide bonds. The van der Waals surface area contributed by atoms with Crippen LogP contribution in [0.25, 0.3) is 106 Å². The zero-order valence-electron chi connectivity index (χ0n) is 36.9. The van der Waals surface area contributed by atoms with Crippen molar-refractivity contribution in [3.8, 4) is 84.4 Å². The van der Waals surface area contributed by atoms with Crippen LogP contribution in [-0.2, 0) is 5.41 Å². The summed E-state index contributed by atoms with van der Waals surface area (Å²) in [5.74, 6) is 1.88. The number of rotatable bonds is 6. The van der Waals surface area contributed by atoms with Gasteiger partial charge in [0.1, 0.15) is 0 Å². The largest absolute Gasteiger partial charge is 0.309 e.